The predicted octanol–water partition coefficient (Wildman–Crippen LogP) is 3.26. The van der Waals surface area contributed by atoms with Crippen molar-refractivity contribution in [2.45, 2.75) is 13.5 Å². The van der Waals surface area contributed by atoms with Crippen molar-refractivity contribution < 1.29 is 4.39 Å². The van der Waals surface area contributed by atoms with E-state index in [9.17, 15) is 4.39 Å². The zero-order chi connectivity index (χ0) is 20.5. The van der Waals surface area contributed by atoms with Crippen LogP contribution in [0.3, 0.4) is 0 Å². The molecule has 6 nitrogen and oxygen atoms in total. The van der Waals surface area contributed by atoms with Crippen LogP contribution in [0, 0.1) is 24.6 Å². The van der Waals surface area contributed by atoms with Gasteiger partial charge in [-0.15, -0.1) is 10.2 Å². The molecule has 2 aromatic heterocycles. The monoisotopic (exact) mass is 394 g/mol. The zero-order valence-corrected chi connectivity index (χ0v) is 16.0. The number of hydrogen-bond acceptors (Lipinski definition) is 5. The number of halogens is 1. The highest BCUT2D eigenvalue weighted by Gasteiger charge is 2.23. The van der Waals surface area contributed by atoms with Crippen LogP contribution in [0.15, 0.2) is 66.2 Å². The third-order valence-electron chi connectivity index (χ3n) is 4.80. The molecule has 2 aromatic carbocycles. The van der Waals surface area contributed by atoms with Crippen LogP contribution in [-0.4, -0.2) is 30.4 Å². The third-order valence-corrected chi connectivity index (χ3v) is 4.80. The summed E-state index contributed by atoms with van der Waals surface area (Å²) in [6.07, 6.45) is 4.77. The Morgan fingerprint density at radius 1 is 0.933 bits per heavy atom. The van der Waals surface area contributed by atoms with Gasteiger partial charge in [0.05, 0.1) is 17.0 Å². The minimum absolute atomic E-state index is 0.307. The molecule has 0 atom stereocenters. The first kappa shape index (κ1) is 17.9. The van der Waals surface area contributed by atoms with Crippen molar-refractivity contribution >= 4 is 5.71 Å². The van der Waals surface area contributed by atoms with E-state index < -0.39 is 0 Å². The molecule has 5 rings (SSSR count). The first-order valence-corrected chi connectivity index (χ1v) is 9.33. The molecule has 0 saturated heterocycles. The van der Waals surface area contributed by atoms with Gasteiger partial charge in [-0.3, -0.25) is 9.56 Å². The molecule has 0 bridgehead atoms. The van der Waals surface area contributed by atoms with Gasteiger partial charge in [-0.1, -0.05) is 24.0 Å². The summed E-state index contributed by atoms with van der Waals surface area (Å²) < 4.78 is 16.6. The molecule has 0 radical (unpaired) electrons. The van der Waals surface area contributed by atoms with Crippen LogP contribution >= 0.6 is 0 Å². The highest BCUT2D eigenvalue weighted by Crippen LogP contribution is 2.27. The second-order valence-corrected chi connectivity index (χ2v) is 6.75. The fourth-order valence-corrected chi connectivity index (χ4v) is 3.45. The van der Waals surface area contributed by atoms with E-state index in [1.807, 2.05) is 29.7 Å². The highest BCUT2D eigenvalue weighted by molar-refractivity contribution is 6.15. The second-order valence-electron chi connectivity index (χ2n) is 6.75. The summed E-state index contributed by atoms with van der Waals surface area (Å²) in [5.41, 5.74) is 4.12. The SMILES string of the molecule is Cc1nnc2n1-c1ccc(C#Cc3cncnc3)cc1C(c1ccccc1F)=NC2. The molecule has 0 N–H and O–H groups in total. The lowest BCUT2D eigenvalue weighted by molar-refractivity contribution is 0.625. The molecule has 4 aromatic rings. The van der Waals surface area contributed by atoms with Crippen LogP contribution in [-0.2, 0) is 6.54 Å². The summed E-state index contributed by atoms with van der Waals surface area (Å²) in [6.45, 7) is 2.19. The number of benzene rings is 2. The van der Waals surface area contributed by atoms with Crippen LogP contribution in [0.4, 0.5) is 4.39 Å². The van der Waals surface area contributed by atoms with E-state index in [0.717, 1.165) is 22.6 Å². The number of aliphatic imine (C=N–C) groups is 1. The first-order valence-electron chi connectivity index (χ1n) is 9.33. The standard InChI is InChI=1S/C23H15FN6/c1-15-28-29-22-13-27-23(18-4-2-3-5-20(18)24)19-10-16(8-9-21(19)30(15)22)6-7-17-11-25-14-26-12-17/h2-5,8-12,14H,13H2,1H3. The number of nitrogens with zero attached hydrogens (tertiary/aromatic N) is 6. The molecule has 7 heteroatoms. The van der Waals surface area contributed by atoms with Crippen molar-refractivity contribution in [1.82, 2.24) is 24.7 Å². The quantitative estimate of drug-likeness (QED) is 0.465. The molecule has 0 fully saturated rings. The molecule has 0 unspecified atom stereocenters. The minimum Gasteiger partial charge on any atom is -0.281 e. The van der Waals surface area contributed by atoms with Gasteiger partial charge in [-0.25, -0.2) is 14.4 Å². The molecular weight excluding hydrogens is 379 g/mol. The van der Waals surface area contributed by atoms with E-state index in [-0.39, 0.29) is 5.82 Å². The van der Waals surface area contributed by atoms with Crippen molar-refractivity contribution in [2.24, 2.45) is 4.99 Å². The molecule has 0 amide bonds. The number of hydrogen-bond donors (Lipinski definition) is 0. The summed E-state index contributed by atoms with van der Waals surface area (Å²) in [4.78, 5) is 12.7. The molecule has 0 spiro atoms. The molecule has 1 aliphatic heterocycles. The van der Waals surface area contributed by atoms with Crippen LogP contribution < -0.4 is 0 Å². The maximum absolute atomic E-state index is 14.6. The average Bonchev–Trinajstić information content (AvgIpc) is 3.06. The number of rotatable bonds is 1. The summed E-state index contributed by atoms with van der Waals surface area (Å²) >= 11 is 0. The van der Waals surface area contributed by atoms with Crippen molar-refractivity contribution in [2.75, 3.05) is 0 Å². The third kappa shape index (κ3) is 3.14. The lowest BCUT2D eigenvalue weighted by atomic mass is 9.98. The molecule has 30 heavy (non-hydrogen) atoms. The summed E-state index contributed by atoms with van der Waals surface area (Å²) in [7, 11) is 0. The normalized spacial score (nSPS) is 12.1. The van der Waals surface area contributed by atoms with Gasteiger partial charge in [-0.2, -0.15) is 0 Å². The average molecular weight is 394 g/mol. The molecule has 144 valence electrons. The molecule has 3 heterocycles. The van der Waals surface area contributed by atoms with Gasteiger partial charge in [-0.05, 0) is 37.3 Å². The van der Waals surface area contributed by atoms with Crippen molar-refractivity contribution in [3.63, 3.8) is 0 Å². The van der Waals surface area contributed by atoms with Crippen LogP contribution in [0.5, 0.6) is 0 Å². The van der Waals surface area contributed by atoms with Gasteiger partial charge in [0.15, 0.2) is 5.82 Å². The fourth-order valence-electron chi connectivity index (χ4n) is 3.45. The Bertz CT molecular complexity index is 1350. The summed E-state index contributed by atoms with van der Waals surface area (Å²) in [5.74, 6) is 7.32. The minimum atomic E-state index is -0.325. The van der Waals surface area contributed by atoms with Crippen molar-refractivity contribution in [1.29, 1.82) is 0 Å². The Kier molecular flexibility index (Phi) is 4.37. The Morgan fingerprint density at radius 3 is 2.57 bits per heavy atom. The highest BCUT2D eigenvalue weighted by atomic mass is 19.1. The maximum atomic E-state index is 14.6. The lowest BCUT2D eigenvalue weighted by Gasteiger charge is -2.13. The summed E-state index contributed by atoms with van der Waals surface area (Å²) in [6, 6.07) is 12.4. The fraction of sp³-hybridized carbons (Fsp3) is 0.0870. The van der Waals surface area contributed by atoms with E-state index in [2.05, 4.69) is 32.0 Å². The lowest BCUT2D eigenvalue weighted by Crippen LogP contribution is -2.10. The van der Waals surface area contributed by atoms with Gasteiger partial charge in [0, 0.05) is 29.1 Å². The maximum Gasteiger partial charge on any atom is 0.159 e. The van der Waals surface area contributed by atoms with Gasteiger partial charge in [0.1, 0.15) is 24.5 Å². The van der Waals surface area contributed by atoms with Crippen molar-refractivity contribution in [3.05, 3.63) is 101 Å². The Morgan fingerprint density at radius 2 is 1.73 bits per heavy atom. The Balaban J connectivity index is 1.70. The van der Waals surface area contributed by atoms with Crippen LogP contribution in [0.2, 0.25) is 0 Å². The molecule has 0 aliphatic carbocycles. The number of aryl methyl sites for hydroxylation is 1. The Labute approximate surface area is 172 Å². The number of fused-ring (bicyclic) bond motifs is 3. The molecule has 0 saturated carbocycles. The Hall–Kier alpha value is -4.18. The van der Waals surface area contributed by atoms with Gasteiger partial charge in [0.25, 0.3) is 0 Å². The van der Waals surface area contributed by atoms with E-state index in [1.54, 1.807) is 30.6 Å². The largest absolute Gasteiger partial charge is 0.281 e. The molecular formula is C23H15FN6. The summed E-state index contributed by atoms with van der Waals surface area (Å²) in [5, 5.41) is 8.41. The van der Waals surface area contributed by atoms with Gasteiger partial charge >= 0.3 is 0 Å². The predicted molar refractivity (Wildman–Crippen MR) is 110 cm³/mol. The smallest absolute Gasteiger partial charge is 0.159 e. The van der Waals surface area contributed by atoms with Crippen LogP contribution in [0.1, 0.15) is 33.9 Å². The van der Waals surface area contributed by atoms with E-state index in [4.69, 9.17) is 4.99 Å². The van der Waals surface area contributed by atoms with E-state index in [0.29, 0.717) is 29.2 Å². The molecule has 1 aliphatic rings. The van der Waals surface area contributed by atoms with E-state index in [1.165, 1.54) is 12.4 Å². The van der Waals surface area contributed by atoms with Crippen molar-refractivity contribution in [3.8, 4) is 17.5 Å². The number of aromatic nitrogens is 5. The van der Waals surface area contributed by atoms with Crippen LogP contribution in [0.25, 0.3) is 5.69 Å². The first-order chi connectivity index (χ1) is 14.7. The second kappa shape index (κ2) is 7.33. The van der Waals surface area contributed by atoms with Gasteiger partial charge in [0.2, 0.25) is 0 Å². The zero-order valence-electron chi connectivity index (χ0n) is 16.0. The van der Waals surface area contributed by atoms with Gasteiger partial charge < -0.3 is 0 Å². The topological polar surface area (TPSA) is 68.8 Å². The van der Waals surface area contributed by atoms with E-state index >= 15 is 0 Å².